The largest absolute Gasteiger partial charge is 0.249 e. The lowest BCUT2D eigenvalue weighted by atomic mass is 10.0. The van der Waals surface area contributed by atoms with Gasteiger partial charge in [-0.2, -0.15) is 5.26 Å². The first kappa shape index (κ1) is 10.8. The lowest BCUT2D eigenvalue weighted by Crippen LogP contribution is -1.90. The Balaban J connectivity index is 2.65. The van der Waals surface area contributed by atoms with Gasteiger partial charge in [0.2, 0.25) is 0 Å². The van der Waals surface area contributed by atoms with E-state index in [1.54, 1.807) is 11.6 Å². The Bertz CT molecular complexity index is 581. The summed E-state index contributed by atoms with van der Waals surface area (Å²) < 4.78 is 13.5. The first-order valence-corrected chi connectivity index (χ1v) is 5.62. The van der Waals surface area contributed by atoms with Gasteiger partial charge < -0.3 is 0 Å². The highest BCUT2D eigenvalue weighted by atomic mass is 32.1. The van der Waals surface area contributed by atoms with Crippen LogP contribution in [0.5, 0.6) is 0 Å². The van der Waals surface area contributed by atoms with E-state index in [2.05, 4.69) is 4.98 Å². The van der Waals surface area contributed by atoms with E-state index in [0.717, 1.165) is 21.7 Å². The van der Waals surface area contributed by atoms with Crippen molar-refractivity contribution in [2.45, 2.75) is 13.8 Å². The minimum atomic E-state index is -0.476. The molecular formula is C12H9FN2S. The summed E-state index contributed by atoms with van der Waals surface area (Å²) in [6, 6.07) is 4.82. The highest BCUT2D eigenvalue weighted by molar-refractivity contribution is 7.13. The Morgan fingerprint density at radius 2 is 2.12 bits per heavy atom. The van der Waals surface area contributed by atoms with Gasteiger partial charge in [0.25, 0.3) is 0 Å². The third-order valence-electron chi connectivity index (χ3n) is 2.42. The average molecular weight is 232 g/mol. The number of nitriles is 1. The number of halogens is 1. The van der Waals surface area contributed by atoms with E-state index in [1.807, 2.05) is 19.9 Å². The van der Waals surface area contributed by atoms with Crippen LogP contribution in [0, 0.1) is 31.0 Å². The lowest BCUT2D eigenvalue weighted by Gasteiger charge is -2.05. The van der Waals surface area contributed by atoms with Crippen LogP contribution in [0.3, 0.4) is 0 Å². The molecule has 1 heterocycles. The second-order valence-electron chi connectivity index (χ2n) is 3.53. The Morgan fingerprint density at radius 1 is 1.38 bits per heavy atom. The van der Waals surface area contributed by atoms with E-state index in [4.69, 9.17) is 5.26 Å². The third-order valence-corrected chi connectivity index (χ3v) is 3.39. The molecule has 80 valence electrons. The van der Waals surface area contributed by atoms with Gasteiger partial charge in [-0.05, 0) is 37.1 Å². The normalized spacial score (nSPS) is 10.1. The van der Waals surface area contributed by atoms with Crippen LogP contribution in [-0.2, 0) is 0 Å². The van der Waals surface area contributed by atoms with E-state index < -0.39 is 5.82 Å². The maximum atomic E-state index is 13.5. The van der Waals surface area contributed by atoms with Gasteiger partial charge in [-0.3, -0.25) is 0 Å². The zero-order chi connectivity index (χ0) is 11.7. The standard InChI is InChI=1S/C12H9FN2S/c1-7-3-9(5-14)11(13)4-10(7)12-8(2)15-6-16-12/h3-4,6H,1-2H3. The number of hydrogen-bond donors (Lipinski definition) is 0. The smallest absolute Gasteiger partial charge is 0.141 e. The highest BCUT2D eigenvalue weighted by Crippen LogP contribution is 2.31. The molecule has 0 spiro atoms. The van der Waals surface area contributed by atoms with Crippen LogP contribution in [-0.4, -0.2) is 4.98 Å². The topological polar surface area (TPSA) is 36.7 Å². The highest BCUT2D eigenvalue weighted by Gasteiger charge is 2.11. The zero-order valence-corrected chi connectivity index (χ0v) is 9.73. The first-order valence-electron chi connectivity index (χ1n) is 4.74. The van der Waals surface area contributed by atoms with Crippen molar-refractivity contribution in [1.82, 2.24) is 4.98 Å². The second-order valence-corrected chi connectivity index (χ2v) is 4.38. The van der Waals surface area contributed by atoms with Gasteiger partial charge in [0.05, 0.1) is 21.6 Å². The second kappa shape index (κ2) is 4.03. The summed E-state index contributed by atoms with van der Waals surface area (Å²) in [6.07, 6.45) is 0. The fourth-order valence-electron chi connectivity index (χ4n) is 1.57. The molecule has 0 radical (unpaired) electrons. The molecule has 2 aromatic rings. The van der Waals surface area contributed by atoms with Crippen LogP contribution in [0.25, 0.3) is 10.4 Å². The van der Waals surface area contributed by atoms with Crippen molar-refractivity contribution in [3.63, 3.8) is 0 Å². The number of nitrogens with zero attached hydrogens (tertiary/aromatic N) is 2. The fraction of sp³-hybridized carbons (Fsp3) is 0.167. The Morgan fingerprint density at radius 3 is 2.69 bits per heavy atom. The molecule has 0 atom stereocenters. The number of aromatic nitrogens is 1. The molecule has 2 rings (SSSR count). The molecule has 0 aliphatic heterocycles. The van der Waals surface area contributed by atoms with E-state index in [0.29, 0.717) is 0 Å². The minimum Gasteiger partial charge on any atom is -0.249 e. The molecule has 0 bridgehead atoms. The van der Waals surface area contributed by atoms with Crippen molar-refractivity contribution < 1.29 is 4.39 Å². The molecule has 4 heteroatoms. The summed E-state index contributed by atoms with van der Waals surface area (Å²) in [5.74, 6) is -0.476. The molecule has 1 aromatic heterocycles. The van der Waals surface area contributed by atoms with Crippen LogP contribution in [0.1, 0.15) is 16.8 Å². The van der Waals surface area contributed by atoms with Gasteiger partial charge in [-0.1, -0.05) is 0 Å². The maximum Gasteiger partial charge on any atom is 0.141 e. The Kier molecular flexibility index (Phi) is 2.71. The Hall–Kier alpha value is -1.73. The fourth-order valence-corrected chi connectivity index (χ4v) is 2.46. The molecule has 2 nitrogen and oxygen atoms in total. The average Bonchev–Trinajstić information content (AvgIpc) is 2.67. The molecule has 0 aliphatic rings. The van der Waals surface area contributed by atoms with E-state index in [-0.39, 0.29) is 5.56 Å². The molecular weight excluding hydrogens is 223 g/mol. The number of rotatable bonds is 1. The summed E-state index contributed by atoms with van der Waals surface area (Å²) in [5, 5.41) is 8.72. The predicted octanol–water partition coefficient (Wildman–Crippen LogP) is 3.44. The van der Waals surface area contributed by atoms with Crippen LogP contribution >= 0.6 is 11.3 Å². The van der Waals surface area contributed by atoms with Crippen LogP contribution in [0.4, 0.5) is 4.39 Å². The van der Waals surface area contributed by atoms with Crippen LogP contribution < -0.4 is 0 Å². The zero-order valence-electron chi connectivity index (χ0n) is 8.91. The number of hydrogen-bond acceptors (Lipinski definition) is 3. The lowest BCUT2D eigenvalue weighted by molar-refractivity contribution is 0.624. The molecule has 16 heavy (non-hydrogen) atoms. The first-order chi connectivity index (χ1) is 7.63. The van der Waals surface area contributed by atoms with Crippen molar-refractivity contribution >= 4 is 11.3 Å². The van der Waals surface area contributed by atoms with Gasteiger partial charge in [-0.25, -0.2) is 9.37 Å². The summed E-state index contributed by atoms with van der Waals surface area (Å²) in [5.41, 5.74) is 4.42. The van der Waals surface area contributed by atoms with E-state index >= 15 is 0 Å². The van der Waals surface area contributed by atoms with Crippen LogP contribution in [0.2, 0.25) is 0 Å². The molecule has 0 unspecified atom stereocenters. The minimum absolute atomic E-state index is 0.0865. The maximum absolute atomic E-state index is 13.5. The van der Waals surface area contributed by atoms with Crippen LogP contribution in [0.15, 0.2) is 17.6 Å². The van der Waals surface area contributed by atoms with Crippen molar-refractivity contribution in [3.8, 4) is 16.5 Å². The number of benzene rings is 1. The molecule has 0 fully saturated rings. The van der Waals surface area contributed by atoms with Crippen molar-refractivity contribution in [2.75, 3.05) is 0 Å². The summed E-state index contributed by atoms with van der Waals surface area (Å²) in [6.45, 7) is 3.76. The van der Waals surface area contributed by atoms with Gasteiger partial charge in [0, 0.05) is 0 Å². The molecule has 0 amide bonds. The van der Waals surface area contributed by atoms with Gasteiger partial charge in [0.15, 0.2) is 0 Å². The summed E-state index contributed by atoms with van der Waals surface area (Å²) >= 11 is 1.48. The van der Waals surface area contributed by atoms with Crippen molar-refractivity contribution in [1.29, 1.82) is 5.26 Å². The molecule has 0 saturated heterocycles. The Labute approximate surface area is 97.0 Å². The third kappa shape index (κ3) is 1.70. The molecule has 0 saturated carbocycles. The summed E-state index contributed by atoms with van der Waals surface area (Å²) in [4.78, 5) is 5.10. The van der Waals surface area contributed by atoms with Gasteiger partial charge in [-0.15, -0.1) is 11.3 Å². The van der Waals surface area contributed by atoms with E-state index in [1.165, 1.54) is 17.4 Å². The monoisotopic (exact) mass is 232 g/mol. The number of thiazole rings is 1. The molecule has 0 N–H and O–H groups in total. The van der Waals surface area contributed by atoms with E-state index in [9.17, 15) is 4.39 Å². The molecule has 1 aromatic carbocycles. The van der Waals surface area contributed by atoms with Crippen molar-refractivity contribution in [2.24, 2.45) is 0 Å². The van der Waals surface area contributed by atoms with Crippen molar-refractivity contribution in [3.05, 3.63) is 40.3 Å². The quantitative estimate of drug-likeness (QED) is 0.755. The van der Waals surface area contributed by atoms with Gasteiger partial charge >= 0.3 is 0 Å². The van der Waals surface area contributed by atoms with Gasteiger partial charge in [0.1, 0.15) is 11.9 Å². The summed E-state index contributed by atoms with van der Waals surface area (Å²) in [7, 11) is 0. The molecule has 0 aliphatic carbocycles. The number of aryl methyl sites for hydroxylation is 2. The predicted molar refractivity (Wildman–Crippen MR) is 61.7 cm³/mol. The SMILES string of the molecule is Cc1cc(C#N)c(F)cc1-c1scnc1C.